The molecule has 1 aromatic carbocycles. The summed E-state index contributed by atoms with van der Waals surface area (Å²) in [5, 5.41) is 16.8. The molecule has 1 heterocycles. The maximum atomic E-state index is 8.99. The highest BCUT2D eigenvalue weighted by molar-refractivity contribution is 6.66. The number of aliphatic hydroxyl groups excluding tert-OH is 1. The van der Waals surface area contributed by atoms with Crippen LogP contribution in [0.3, 0.4) is 0 Å². The summed E-state index contributed by atoms with van der Waals surface area (Å²) >= 11 is 22.9. The molecule has 0 aliphatic heterocycles. The third kappa shape index (κ3) is 3.87. The summed E-state index contributed by atoms with van der Waals surface area (Å²) in [6.45, 7) is -0.0695. The van der Waals surface area contributed by atoms with Crippen molar-refractivity contribution in [2.24, 2.45) is 0 Å². The van der Waals surface area contributed by atoms with E-state index >= 15 is 0 Å². The summed E-state index contributed by atoms with van der Waals surface area (Å²) in [4.78, 5) is 0. The number of aromatic nitrogens is 2. The molecule has 0 aliphatic rings. The quantitative estimate of drug-likeness (QED) is 0.839. The lowest BCUT2D eigenvalue weighted by atomic mass is 10.1. The Morgan fingerprint density at radius 1 is 1.20 bits per heavy atom. The molecule has 4 nitrogen and oxygen atoms in total. The van der Waals surface area contributed by atoms with E-state index in [-0.39, 0.29) is 18.4 Å². The monoisotopic (exact) mass is 352 g/mol. The third-order valence-corrected chi connectivity index (χ3v) is 3.15. The van der Waals surface area contributed by atoms with Gasteiger partial charge in [0, 0.05) is 11.1 Å². The predicted octanol–water partition coefficient (Wildman–Crippen LogP) is 4.21. The van der Waals surface area contributed by atoms with Crippen molar-refractivity contribution in [2.45, 2.75) is 10.4 Å². The van der Waals surface area contributed by atoms with Gasteiger partial charge in [-0.25, -0.2) is 0 Å². The van der Waals surface area contributed by atoms with Gasteiger partial charge in [-0.15, -0.1) is 10.2 Å². The van der Waals surface area contributed by atoms with Gasteiger partial charge >= 0.3 is 0 Å². The smallest absolute Gasteiger partial charge is 0.268 e. The van der Waals surface area contributed by atoms with Crippen LogP contribution in [0.5, 0.6) is 0 Å². The molecule has 1 aromatic heterocycles. The molecule has 0 bridgehead atoms. The van der Waals surface area contributed by atoms with Gasteiger partial charge in [0.05, 0.1) is 6.61 Å². The van der Waals surface area contributed by atoms with E-state index in [2.05, 4.69) is 10.2 Å². The van der Waals surface area contributed by atoms with Crippen LogP contribution in [0.2, 0.25) is 5.02 Å². The van der Waals surface area contributed by atoms with Crippen LogP contribution in [0.15, 0.2) is 22.6 Å². The van der Waals surface area contributed by atoms with Crippen molar-refractivity contribution >= 4 is 58.6 Å². The molecule has 0 unspecified atom stereocenters. The Morgan fingerprint density at radius 2 is 1.95 bits per heavy atom. The molecule has 2 aromatic rings. The second-order valence-electron chi connectivity index (χ2n) is 3.79. The van der Waals surface area contributed by atoms with Crippen molar-refractivity contribution in [3.05, 3.63) is 46.1 Å². The number of alkyl halides is 3. The highest BCUT2D eigenvalue weighted by Crippen LogP contribution is 2.37. The van der Waals surface area contributed by atoms with Crippen molar-refractivity contribution in [3.8, 4) is 0 Å². The molecule has 2 rings (SSSR count). The third-order valence-electron chi connectivity index (χ3n) is 2.34. The Bertz CT molecular complexity index is 635. The highest BCUT2D eigenvalue weighted by Gasteiger charge is 2.29. The van der Waals surface area contributed by atoms with E-state index in [0.29, 0.717) is 5.02 Å². The summed E-state index contributed by atoms with van der Waals surface area (Å²) < 4.78 is 3.42. The summed E-state index contributed by atoms with van der Waals surface area (Å²) in [6, 6.07) is 5.19. The molecule has 0 radical (unpaired) electrons. The molecule has 20 heavy (non-hydrogen) atoms. The fraction of sp³-hybridized carbons (Fsp3) is 0.167. The first-order valence-corrected chi connectivity index (χ1v) is 6.89. The van der Waals surface area contributed by atoms with E-state index in [9.17, 15) is 0 Å². The molecule has 0 fully saturated rings. The first-order valence-electron chi connectivity index (χ1n) is 5.38. The minimum Gasteiger partial charge on any atom is -0.417 e. The van der Waals surface area contributed by atoms with E-state index in [0.717, 1.165) is 11.1 Å². The molecule has 0 saturated carbocycles. The van der Waals surface area contributed by atoms with Gasteiger partial charge in [-0.05, 0) is 23.3 Å². The molecule has 1 N–H and O–H groups in total. The molecule has 0 aliphatic carbocycles. The van der Waals surface area contributed by atoms with E-state index in [4.69, 9.17) is 55.9 Å². The van der Waals surface area contributed by atoms with E-state index in [1.807, 2.05) is 0 Å². The Labute approximate surface area is 134 Å². The van der Waals surface area contributed by atoms with Crippen LogP contribution in [0.1, 0.15) is 22.9 Å². The fourth-order valence-corrected chi connectivity index (χ4v) is 1.88. The molecule has 106 valence electrons. The Hall–Kier alpha value is -0.780. The van der Waals surface area contributed by atoms with Gasteiger partial charge < -0.3 is 9.52 Å². The van der Waals surface area contributed by atoms with Crippen LogP contribution in [-0.4, -0.2) is 15.3 Å². The van der Waals surface area contributed by atoms with Crippen LogP contribution in [-0.2, 0) is 10.4 Å². The Morgan fingerprint density at radius 3 is 2.50 bits per heavy atom. The van der Waals surface area contributed by atoms with Crippen LogP contribution in [0, 0.1) is 0 Å². The number of hydrogen-bond acceptors (Lipinski definition) is 4. The first kappa shape index (κ1) is 15.6. The SMILES string of the molecule is OCc1ccc(C=Cc2nnc(C(Cl)(Cl)Cl)o2)c(Cl)c1. The topological polar surface area (TPSA) is 59.2 Å². The predicted molar refractivity (Wildman–Crippen MR) is 79.8 cm³/mol. The van der Waals surface area contributed by atoms with Gasteiger partial charge in [-0.1, -0.05) is 58.5 Å². The van der Waals surface area contributed by atoms with Gasteiger partial charge in [0.25, 0.3) is 9.68 Å². The van der Waals surface area contributed by atoms with Crippen LogP contribution in [0.25, 0.3) is 12.2 Å². The average Bonchev–Trinajstić information content (AvgIpc) is 2.86. The van der Waals surface area contributed by atoms with Crippen molar-refractivity contribution in [2.75, 3.05) is 0 Å². The second kappa shape index (κ2) is 6.33. The number of halogens is 4. The summed E-state index contributed by atoms with van der Waals surface area (Å²) in [5.74, 6) is 0.0810. The van der Waals surface area contributed by atoms with Gasteiger partial charge in [-0.2, -0.15) is 0 Å². The molecular formula is C12H8Cl4N2O2. The number of aliphatic hydroxyl groups is 1. The number of nitrogens with zero attached hydrogens (tertiary/aromatic N) is 2. The van der Waals surface area contributed by atoms with Crippen molar-refractivity contribution in [3.63, 3.8) is 0 Å². The van der Waals surface area contributed by atoms with Gasteiger partial charge in [0.15, 0.2) is 0 Å². The van der Waals surface area contributed by atoms with E-state index in [1.165, 1.54) is 0 Å². The second-order valence-corrected chi connectivity index (χ2v) is 6.48. The highest BCUT2D eigenvalue weighted by atomic mass is 35.6. The fourth-order valence-electron chi connectivity index (χ4n) is 1.38. The van der Waals surface area contributed by atoms with Crippen molar-refractivity contribution < 1.29 is 9.52 Å². The number of benzene rings is 1. The summed E-state index contributed by atoms with van der Waals surface area (Å²) in [5.41, 5.74) is 1.46. The van der Waals surface area contributed by atoms with Crippen LogP contribution in [0.4, 0.5) is 0 Å². The summed E-state index contributed by atoms with van der Waals surface area (Å²) in [7, 11) is 0. The van der Waals surface area contributed by atoms with Gasteiger partial charge in [0.1, 0.15) is 0 Å². The van der Waals surface area contributed by atoms with Crippen molar-refractivity contribution in [1.29, 1.82) is 0 Å². The van der Waals surface area contributed by atoms with Crippen molar-refractivity contribution in [1.82, 2.24) is 10.2 Å². The zero-order valence-electron chi connectivity index (χ0n) is 9.86. The largest absolute Gasteiger partial charge is 0.417 e. The molecule has 8 heteroatoms. The normalized spacial score (nSPS) is 12.2. The zero-order valence-corrected chi connectivity index (χ0v) is 12.9. The maximum Gasteiger partial charge on any atom is 0.268 e. The molecular weight excluding hydrogens is 346 g/mol. The maximum absolute atomic E-state index is 8.99. The van der Waals surface area contributed by atoms with E-state index < -0.39 is 3.79 Å². The lowest BCUT2D eigenvalue weighted by Gasteiger charge is -2.02. The zero-order chi connectivity index (χ0) is 14.8. The Kier molecular flexibility index (Phi) is 4.94. The first-order chi connectivity index (χ1) is 9.40. The van der Waals surface area contributed by atoms with Gasteiger partial charge in [-0.3, -0.25) is 0 Å². The lowest BCUT2D eigenvalue weighted by molar-refractivity contribution is 0.282. The van der Waals surface area contributed by atoms with Gasteiger partial charge in [0.2, 0.25) is 5.89 Å². The molecule has 0 saturated heterocycles. The van der Waals surface area contributed by atoms with E-state index in [1.54, 1.807) is 30.4 Å². The Balaban J connectivity index is 2.19. The van der Waals surface area contributed by atoms with Crippen LogP contribution >= 0.6 is 46.4 Å². The molecule has 0 amide bonds. The molecule has 0 spiro atoms. The minimum atomic E-state index is -1.75. The standard InChI is InChI=1S/C12H8Cl4N2O2/c13-9-5-7(6-19)1-2-8(9)3-4-10-17-18-11(20-10)12(14,15)16/h1-5,19H,6H2. The molecule has 0 atom stereocenters. The number of rotatable bonds is 3. The lowest BCUT2D eigenvalue weighted by Crippen LogP contribution is -1.99. The minimum absolute atomic E-state index is 0.0695. The number of hydrogen-bond donors (Lipinski definition) is 1. The summed E-state index contributed by atoms with van der Waals surface area (Å²) in [6.07, 6.45) is 3.23. The van der Waals surface area contributed by atoms with Crippen LogP contribution < -0.4 is 0 Å². The average molecular weight is 354 g/mol.